The molecule has 0 amide bonds. The van der Waals surface area contributed by atoms with Crippen molar-refractivity contribution in [2.75, 3.05) is 6.61 Å². The standard InChI is InChI=1S/C14H18N4O/c1-10(15-7-14-17-16-9-18(14)2)12-8-19-13-6-4-3-5-11(12)13/h3-6,9-10,12,15H,7-8H2,1-2H3/t10-,12-/m0/s1. The van der Waals surface area contributed by atoms with Crippen molar-refractivity contribution in [3.05, 3.63) is 42.0 Å². The molecule has 0 aliphatic carbocycles. The first-order chi connectivity index (χ1) is 9.25. The van der Waals surface area contributed by atoms with Gasteiger partial charge in [0.15, 0.2) is 0 Å². The maximum atomic E-state index is 5.72. The zero-order valence-electron chi connectivity index (χ0n) is 11.2. The maximum absolute atomic E-state index is 5.72. The normalized spacial score (nSPS) is 18.9. The van der Waals surface area contributed by atoms with Crippen LogP contribution in [0.5, 0.6) is 5.75 Å². The summed E-state index contributed by atoms with van der Waals surface area (Å²) >= 11 is 0. The van der Waals surface area contributed by atoms with Gasteiger partial charge in [0.25, 0.3) is 0 Å². The largest absolute Gasteiger partial charge is 0.493 e. The van der Waals surface area contributed by atoms with Crippen LogP contribution in [0.1, 0.15) is 24.2 Å². The van der Waals surface area contributed by atoms with Gasteiger partial charge in [-0.25, -0.2) is 0 Å². The smallest absolute Gasteiger partial charge is 0.146 e. The Bertz CT molecular complexity index is 566. The van der Waals surface area contributed by atoms with E-state index in [0.29, 0.717) is 12.0 Å². The lowest BCUT2D eigenvalue weighted by Gasteiger charge is -2.19. The number of fused-ring (bicyclic) bond motifs is 1. The number of aryl methyl sites for hydroxylation is 1. The fourth-order valence-corrected chi connectivity index (χ4v) is 2.46. The van der Waals surface area contributed by atoms with Gasteiger partial charge in [-0.3, -0.25) is 0 Å². The van der Waals surface area contributed by atoms with Gasteiger partial charge in [0.1, 0.15) is 17.9 Å². The van der Waals surface area contributed by atoms with E-state index in [-0.39, 0.29) is 0 Å². The van der Waals surface area contributed by atoms with Crippen molar-refractivity contribution in [1.29, 1.82) is 0 Å². The van der Waals surface area contributed by atoms with E-state index in [4.69, 9.17) is 4.74 Å². The SMILES string of the molecule is C[C@H](NCc1nncn1C)[C@@H]1COc2ccccc21. The molecule has 5 heteroatoms. The first kappa shape index (κ1) is 12.2. The number of para-hydroxylation sites is 1. The van der Waals surface area contributed by atoms with Crippen molar-refractivity contribution in [2.24, 2.45) is 7.05 Å². The minimum Gasteiger partial charge on any atom is -0.493 e. The third-order valence-corrected chi connectivity index (χ3v) is 3.73. The molecule has 1 aromatic heterocycles. The summed E-state index contributed by atoms with van der Waals surface area (Å²) < 4.78 is 7.65. The molecule has 3 rings (SSSR count). The van der Waals surface area contributed by atoms with Crippen molar-refractivity contribution in [2.45, 2.75) is 25.4 Å². The average molecular weight is 258 g/mol. The summed E-state index contributed by atoms with van der Waals surface area (Å²) in [4.78, 5) is 0. The van der Waals surface area contributed by atoms with Gasteiger partial charge in [0, 0.05) is 24.6 Å². The van der Waals surface area contributed by atoms with Gasteiger partial charge >= 0.3 is 0 Å². The number of rotatable bonds is 4. The van der Waals surface area contributed by atoms with Gasteiger partial charge in [-0.05, 0) is 13.0 Å². The Kier molecular flexibility index (Phi) is 3.21. The Morgan fingerprint density at radius 3 is 3.11 bits per heavy atom. The second kappa shape index (κ2) is 5.01. The minimum absolute atomic E-state index is 0.334. The predicted molar refractivity (Wildman–Crippen MR) is 72.0 cm³/mol. The molecule has 19 heavy (non-hydrogen) atoms. The average Bonchev–Trinajstić information content (AvgIpc) is 3.02. The summed E-state index contributed by atoms with van der Waals surface area (Å²) in [5.41, 5.74) is 1.29. The Morgan fingerprint density at radius 1 is 1.47 bits per heavy atom. The summed E-state index contributed by atoms with van der Waals surface area (Å²) in [6.07, 6.45) is 1.72. The molecule has 100 valence electrons. The third kappa shape index (κ3) is 2.33. The lowest BCUT2D eigenvalue weighted by molar-refractivity contribution is 0.302. The van der Waals surface area contributed by atoms with Gasteiger partial charge in [-0.15, -0.1) is 10.2 Å². The van der Waals surface area contributed by atoms with E-state index >= 15 is 0 Å². The molecule has 0 saturated heterocycles. The van der Waals surface area contributed by atoms with E-state index in [1.165, 1.54) is 5.56 Å². The zero-order chi connectivity index (χ0) is 13.2. The number of nitrogens with zero attached hydrogens (tertiary/aromatic N) is 3. The highest BCUT2D eigenvalue weighted by Crippen LogP contribution is 2.35. The molecule has 2 heterocycles. The van der Waals surface area contributed by atoms with Crippen molar-refractivity contribution < 1.29 is 4.74 Å². The monoisotopic (exact) mass is 258 g/mol. The summed E-state index contributed by atoms with van der Waals surface area (Å²) in [6.45, 7) is 3.65. The molecule has 0 saturated carbocycles. The summed E-state index contributed by atoms with van der Waals surface area (Å²) in [5, 5.41) is 11.5. The molecular formula is C14H18N4O. The van der Waals surface area contributed by atoms with Gasteiger partial charge in [-0.1, -0.05) is 18.2 Å². The first-order valence-electron chi connectivity index (χ1n) is 6.53. The van der Waals surface area contributed by atoms with Crippen LogP contribution in [0, 0.1) is 0 Å². The Morgan fingerprint density at radius 2 is 2.32 bits per heavy atom. The molecule has 1 aliphatic rings. The van der Waals surface area contributed by atoms with Crippen LogP contribution in [0.4, 0.5) is 0 Å². The topological polar surface area (TPSA) is 52.0 Å². The summed E-state index contributed by atoms with van der Waals surface area (Å²) in [6, 6.07) is 8.59. The fraction of sp³-hybridized carbons (Fsp3) is 0.429. The van der Waals surface area contributed by atoms with Crippen LogP contribution < -0.4 is 10.1 Å². The van der Waals surface area contributed by atoms with E-state index in [9.17, 15) is 0 Å². The molecular weight excluding hydrogens is 240 g/mol. The Labute approximate surface area is 112 Å². The second-order valence-corrected chi connectivity index (χ2v) is 4.98. The number of hydrogen-bond acceptors (Lipinski definition) is 4. The fourth-order valence-electron chi connectivity index (χ4n) is 2.46. The van der Waals surface area contributed by atoms with Crippen molar-refractivity contribution in [3.63, 3.8) is 0 Å². The van der Waals surface area contributed by atoms with Crippen LogP contribution in [0.15, 0.2) is 30.6 Å². The minimum atomic E-state index is 0.334. The molecule has 0 spiro atoms. The van der Waals surface area contributed by atoms with Gasteiger partial charge < -0.3 is 14.6 Å². The van der Waals surface area contributed by atoms with E-state index in [2.05, 4.69) is 34.6 Å². The molecule has 1 N–H and O–H groups in total. The lowest BCUT2D eigenvalue weighted by atomic mass is 9.94. The van der Waals surface area contributed by atoms with Crippen LogP contribution >= 0.6 is 0 Å². The molecule has 0 unspecified atom stereocenters. The highest BCUT2D eigenvalue weighted by Gasteiger charge is 2.28. The van der Waals surface area contributed by atoms with Crippen molar-refractivity contribution >= 4 is 0 Å². The molecule has 1 aliphatic heterocycles. The Balaban J connectivity index is 1.66. The first-order valence-corrected chi connectivity index (χ1v) is 6.53. The molecule has 0 fully saturated rings. The van der Waals surface area contributed by atoms with Crippen molar-refractivity contribution in [3.8, 4) is 5.75 Å². The third-order valence-electron chi connectivity index (χ3n) is 3.73. The van der Waals surface area contributed by atoms with E-state index in [0.717, 1.165) is 24.7 Å². The highest BCUT2D eigenvalue weighted by molar-refractivity contribution is 5.40. The number of ether oxygens (including phenoxy) is 1. The second-order valence-electron chi connectivity index (χ2n) is 4.98. The molecule has 0 bridgehead atoms. The van der Waals surface area contributed by atoms with E-state index < -0.39 is 0 Å². The van der Waals surface area contributed by atoms with Crippen LogP contribution in [0.25, 0.3) is 0 Å². The van der Waals surface area contributed by atoms with Gasteiger partial charge in [-0.2, -0.15) is 0 Å². The quantitative estimate of drug-likeness (QED) is 0.902. The number of nitrogens with one attached hydrogen (secondary N) is 1. The van der Waals surface area contributed by atoms with E-state index in [1.54, 1.807) is 6.33 Å². The maximum Gasteiger partial charge on any atom is 0.146 e. The highest BCUT2D eigenvalue weighted by atomic mass is 16.5. The van der Waals surface area contributed by atoms with Crippen LogP contribution in [-0.4, -0.2) is 27.4 Å². The molecule has 5 nitrogen and oxygen atoms in total. The van der Waals surface area contributed by atoms with Gasteiger partial charge in [0.2, 0.25) is 0 Å². The van der Waals surface area contributed by atoms with Crippen LogP contribution in [0.3, 0.4) is 0 Å². The van der Waals surface area contributed by atoms with Gasteiger partial charge in [0.05, 0.1) is 13.2 Å². The van der Waals surface area contributed by atoms with Crippen LogP contribution in [0.2, 0.25) is 0 Å². The number of hydrogen-bond donors (Lipinski definition) is 1. The number of benzene rings is 1. The lowest BCUT2D eigenvalue weighted by Crippen LogP contribution is -2.33. The molecule has 0 radical (unpaired) electrons. The molecule has 2 atom stereocenters. The molecule has 2 aromatic rings. The zero-order valence-corrected chi connectivity index (χ0v) is 11.2. The van der Waals surface area contributed by atoms with E-state index in [1.807, 2.05) is 23.7 Å². The van der Waals surface area contributed by atoms with Crippen LogP contribution in [-0.2, 0) is 13.6 Å². The van der Waals surface area contributed by atoms with Crippen molar-refractivity contribution in [1.82, 2.24) is 20.1 Å². The summed E-state index contributed by atoms with van der Waals surface area (Å²) in [5.74, 6) is 2.35. The number of aromatic nitrogens is 3. The molecule has 1 aromatic carbocycles. The Hall–Kier alpha value is -1.88. The summed E-state index contributed by atoms with van der Waals surface area (Å²) in [7, 11) is 1.95. The predicted octanol–water partition coefficient (Wildman–Crippen LogP) is 1.47.